The lowest BCUT2D eigenvalue weighted by atomic mass is 10.3. The molecule has 0 aromatic carbocycles. The highest BCUT2D eigenvalue weighted by molar-refractivity contribution is 7.09. The van der Waals surface area contributed by atoms with Crippen molar-refractivity contribution in [3.8, 4) is 0 Å². The predicted molar refractivity (Wildman–Crippen MR) is 40.9 cm³/mol. The number of aromatic nitrogens is 1. The van der Waals surface area contributed by atoms with Crippen LogP contribution >= 0.6 is 11.3 Å². The van der Waals surface area contributed by atoms with Crippen LogP contribution in [0.3, 0.4) is 0 Å². The van der Waals surface area contributed by atoms with Crippen LogP contribution in [0.15, 0.2) is 11.6 Å². The smallest absolute Gasteiger partial charge is 0.0951 e. The van der Waals surface area contributed by atoms with Gasteiger partial charge in [-0.15, -0.1) is 11.3 Å². The van der Waals surface area contributed by atoms with Crippen LogP contribution in [-0.4, -0.2) is 22.7 Å². The maximum Gasteiger partial charge on any atom is 0.0951 e. The number of hydrogen-bond acceptors (Lipinski definition) is 4. The fourth-order valence-corrected chi connectivity index (χ4v) is 1.33. The monoisotopic (exact) mass is 158 g/mol. The zero-order valence-corrected chi connectivity index (χ0v) is 6.34. The zero-order valence-electron chi connectivity index (χ0n) is 5.53. The number of rotatable bonds is 3. The maximum absolute atomic E-state index is 9.07. The first-order chi connectivity index (χ1) is 4.83. The zero-order chi connectivity index (χ0) is 7.40. The average Bonchev–Trinajstić information content (AvgIpc) is 2.40. The van der Waals surface area contributed by atoms with Gasteiger partial charge in [-0.1, -0.05) is 0 Å². The maximum atomic E-state index is 9.07. The van der Waals surface area contributed by atoms with Gasteiger partial charge in [-0.2, -0.15) is 0 Å². The Bertz CT molecular complexity index is 176. The molecular weight excluding hydrogens is 148 g/mol. The SMILES string of the molecule is NC[C@@H](O)Cc1nccs1. The summed E-state index contributed by atoms with van der Waals surface area (Å²) in [6.07, 6.45) is 1.86. The molecule has 1 aromatic heterocycles. The standard InChI is InChI=1S/C6H10N2OS/c7-4-5(9)3-6-8-1-2-10-6/h1-2,5,9H,3-4,7H2/t5-/m0/s1. The number of hydrogen-bond donors (Lipinski definition) is 2. The number of nitrogens with zero attached hydrogens (tertiary/aromatic N) is 1. The van der Waals surface area contributed by atoms with Gasteiger partial charge in [0.05, 0.1) is 11.1 Å². The minimum atomic E-state index is -0.439. The van der Waals surface area contributed by atoms with Crippen LogP contribution < -0.4 is 5.73 Å². The van der Waals surface area contributed by atoms with Crippen molar-refractivity contribution in [2.24, 2.45) is 5.73 Å². The Morgan fingerprint density at radius 3 is 3.10 bits per heavy atom. The van der Waals surface area contributed by atoms with Crippen molar-refractivity contribution in [2.45, 2.75) is 12.5 Å². The molecule has 3 N–H and O–H groups in total. The van der Waals surface area contributed by atoms with Crippen molar-refractivity contribution in [1.29, 1.82) is 0 Å². The van der Waals surface area contributed by atoms with Gasteiger partial charge in [0.25, 0.3) is 0 Å². The van der Waals surface area contributed by atoms with Gasteiger partial charge in [-0.05, 0) is 0 Å². The summed E-state index contributed by atoms with van der Waals surface area (Å²) >= 11 is 1.54. The summed E-state index contributed by atoms with van der Waals surface area (Å²) in [7, 11) is 0. The molecule has 0 radical (unpaired) electrons. The van der Waals surface area contributed by atoms with E-state index in [1.165, 1.54) is 11.3 Å². The van der Waals surface area contributed by atoms with Crippen LogP contribution in [0.4, 0.5) is 0 Å². The van der Waals surface area contributed by atoms with E-state index in [9.17, 15) is 0 Å². The molecule has 0 aliphatic heterocycles. The molecule has 0 saturated carbocycles. The van der Waals surface area contributed by atoms with Gasteiger partial charge in [0.1, 0.15) is 0 Å². The van der Waals surface area contributed by atoms with Gasteiger partial charge in [-0.25, -0.2) is 4.98 Å². The minimum absolute atomic E-state index is 0.305. The van der Waals surface area contributed by atoms with Crippen molar-refractivity contribution in [3.05, 3.63) is 16.6 Å². The molecule has 0 aliphatic rings. The summed E-state index contributed by atoms with van der Waals surface area (Å²) in [4.78, 5) is 4.01. The summed E-state index contributed by atoms with van der Waals surface area (Å²) in [5.74, 6) is 0. The largest absolute Gasteiger partial charge is 0.391 e. The molecule has 56 valence electrons. The van der Waals surface area contributed by atoms with Gasteiger partial charge in [0, 0.05) is 24.5 Å². The Balaban J connectivity index is 2.40. The van der Waals surface area contributed by atoms with Crippen LogP contribution in [0.25, 0.3) is 0 Å². The third kappa shape index (κ3) is 2.06. The molecule has 0 unspecified atom stereocenters. The van der Waals surface area contributed by atoms with E-state index in [1.807, 2.05) is 5.38 Å². The Hall–Kier alpha value is -0.450. The van der Waals surface area contributed by atoms with Crippen LogP contribution in [0.2, 0.25) is 0 Å². The fourth-order valence-electron chi connectivity index (χ4n) is 0.639. The lowest BCUT2D eigenvalue weighted by molar-refractivity contribution is 0.183. The summed E-state index contributed by atoms with van der Waals surface area (Å²) < 4.78 is 0. The van der Waals surface area contributed by atoms with Crippen LogP contribution in [0.1, 0.15) is 5.01 Å². The van der Waals surface area contributed by atoms with Crippen LogP contribution in [-0.2, 0) is 6.42 Å². The van der Waals surface area contributed by atoms with Crippen LogP contribution in [0.5, 0.6) is 0 Å². The predicted octanol–water partition coefficient (Wildman–Crippen LogP) is 0.00520. The molecule has 1 atom stereocenters. The first-order valence-corrected chi connectivity index (χ1v) is 3.97. The summed E-state index contributed by atoms with van der Waals surface area (Å²) in [5, 5.41) is 11.9. The average molecular weight is 158 g/mol. The minimum Gasteiger partial charge on any atom is -0.391 e. The van der Waals surface area contributed by atoms with E-state index in [-0.39, 0.29) is 0 Å². The second-order valence-corrected chi connectivity index (χ2v) is 3.00. The third-order valence-electron chi connectivity index (χ3n) is 1.17. The molecule has 1 rings (SSSR count). The van der Waals surface area contributed by atoms with Gasteiger partial charge in [-0.3, -0.25) is 0 Å². The van der Waals surface area contributed by atoms with Crippen molar-refractivity contribution in [2.75, 3.05) is 6.54 Å². The van der Waals surface area contributed by atoms with E-state index in [0.717, 1.165) is 5.01 Å². The highest BCUT2D eigenvalue weighted by Crippen LogP contribution is 2.05. The van der Waals surface area contributed by atoms with E-state index in [0.29, 0.717) is 13.0 Å². The van der Waals surface area contributed by atoms with Crippen molar-refractivity contribution in [1.82, 2.24) is 4.98 Å². The molecular formula is C6H10N2OS. The Morgan fingerprint density at radius 2 is 2.60 bits per heavy atom. The number of thiazole rings is 1. The molecule has 10 heavy (non-hydrogen) atoms. The molecule has 0 saturated heterocycles. The summed E-state index contributed by atoms with van der Waals surface area (Å²) in [5.41, 5.74) is 5.22. The third-order valence-corrected chi connectivity index (χ3v) is 1.97. The highest BCUT2D eigenvalue weighted by atomic mass is 32.1. The molecule has 0 spiro atoms. The normalized spacial score (nSPS) is 13.4. The van der Waals surface area contributed by atoms with Crippen LogP contribution in [0, 0.1) is 0 Å². The van der Waals surface area contributed by atoms with E-state index >= 15 is 0 Å². The van der Waals surface area contributed by atoms with Crippen molar-refractivity contribution >= 4 is 11.3 Å². The molecule has 0 bridgehead atoms. The first-order valence-electron chi connectivity index (χ1n) is 3.09. The lowest BCUT2D eigenvalue weighted by Gasteiger charge is -2.02. The number of aliphatic hydroxyl groups excluding tert-OH is 1. The van der Waals surface area contributed by atoms with Gasteiger partial charge < -0.3 is 10.8 Å². The number of nitrogens with two attached hydrogens (primary N) is 1. The molecule has 1 heterocycles. The molecule has 0 amide bonds. The Kier molecular flexibility index (Phi) is 2.80. The van der Waals surface area contributed by atoms with E-state index < -0.39 is 6.10 Å². The number of aliphatic hydroxyl groups is 1. The molecule has 1 aromatic rings. The second kappa shape index (κ2) is 3.65. The first kappa shape index (κ1) is 7.65. The van der Waals surface area contributed by atoms with Gasteiger partial charge >= 0.3 is 0 Å². The summed E-state index contributed by atoms with van der Waals surface area (Å²) in [6.45, 7) is 0.305. The van der Waals surface area contributed by atoms with Crippen molar-refractivity contribution < 1.29 is 5.11 Å². The molecule has 0 aliphatic carbocycles. The second-order valence-electron chi connectivity index (χ2n) is 2.02. The van der Waals surface area contributed by atoms with E-state index in [1.54, 1.807) is 6.20 Å². The summed E-state index contributed by atoms with van der Waals surface area (Å²) in [6, 6.07) is 0. The lowest BCUT2D eigenvalue weighted by Crippen LogP contribution is -2.21. The Morgan fingerprint density at radius 1 is 1.80 bits per heavy atom. The van der Waals surface area contributed by atoms with Gasteiger partial charge in [0.15, 0.2) is 0 Å². The molecule has 4 heteroatoms. The topological polar surface area (TPSA) is 59.1 Å². The molecule has 0 fully saturated rings. The highest BCUT2D eigenvalue weighted by Gasteiger charge is 2.03. The van der Waals surface area contributed by atoms with Gasteiger partial charge in [0.2, 0.25) is 0 Å². The molecule has 3 nitrogen and oxygen atoms in total. The quantitative estimate of drug-likeness (QED) is 0.651. The van der Waals surface area contributed by atoms with Crippen molar-refractivity contribution in [3.63, 3.8) is 0 Å². The van der Waals surface area contributed by atoms with E-state index in [2.05, 4.69) is 4.98 Å². The Labute approximate surface area is 63.5 Å². The van der Waals surface area contributed by atoms with E-state index in [4.69, 9.17) is 10.8 Å². The fraction of sp³-hybridized carbons (Fsp3) is 0.500.